The fourth-order valence-electron chi connectivity index (χ4n) is 2.68. The van der Waals surface area contributed by atoms with Gasteiger partial charge in [0.25, 0.3) is 0 Å². The Bertz CT molecular complexity index is 753. The molecule has 2 amide bonds. The SMILES string of the molecule is CCCNC(=O)[C@@H](C)N(Cc1ccccc1)C(=O)CSCc1ccc(Br)cc1. The van der Waals surface area contributed by atoms with E-state index in [0.29, 0.717) is 18.8 Å². The molecule has 0 unspecified atom stereocenters. The van der Waals surface area contributed by atoms with E-state index in [1.165, 1.54) is 5.56 Å². The number of amides is 2. The van der Waals surface area contributed by atoms with Gasteiger partial charge in [-0.1, -0.05) is 65.3 Å². The quantitative estimate of drug-likeness (QED) is 0.559. The molecule has 28 heavy (non-hydrogen) atoms. The number of benzene rings is 2. The maximum atomic E-state index is 12.9. The molecule has 0 aliphatic carbocycles. The molecule has 150 valence electrons. The summed E-state index contributed by atoms with van der Waals surface area (Å²) < 4.78 is 1.04. The third kappa shape index (κ3) is 7.32. The van der Waals surface area contributed by atoms with Gasteiger partial charge in [0.15, 0.2) is 0 Å². The lowest BCUT2D eigenvalue weighted by atomic mass is 10.1. The second-order valence-electron chi connectivity index (χ2n) is 6.59. The van der Waals surface area contributed by atoms with E-state index in [9.17, 15) is 9.59 Å². The standard InChI is InChI=1S/C22H27BrN2O2S/c1-3-13-24-22(27)17(2)25(14-18-7-5-4-6-8-18)21(26)16-28-15-19-9-11-20(23)12-10-19/h4-12,17H,3,13-16H2,1-2H3,(H,24,27)/t17-/m1/s1. The summed E-state index contributed by atoms with van der Waals surface area (Å²) in [5.74, 6) is 0.970. The van der Waals surface area contributed by atoms with Crippen molar-refractivity contribution < 1.29 is 9.59 Å². The van der Waals surface area contributed by atoms with Crippen LogP contribution < -0.4 is 5.32 Å². The van der Waals surface area contributed by atoms with Crippen molar-refractivity contribution in [3.05, 3.63) is 70.2 Å². The first-order valence-corrected chi connectivity index (χ1v) is 11.4. The molecule has 0 heterocycles. The zero-order valence-electron chi connectivity index (χ0n) is 16.4. The highest BCUT2D eigenvalue weighted by Gasteiger charge is 2.25. The van der Waals surface area contributed by atoms with Gasteiger partial charge < -0.3 is 10.2 Å². The van der Waals surface area contributed by atoms with Crippen molar-refractivity contribution in [1.82, 2.24) is 10.2 Å². The fourth-order valence-corrected chi connectivity index (χ4v) is 3.81. The molecule has 2 rings (SSSR count). The molecule has 2 aromatic carbocycles. The number of halogens is 1. The summed E-state index contributed by atoms with van der Waals surface area (Å²) in [7, 11) is 0. The van der Waals surface area contributed by atoms with Crippen molar-refractivity contribution in [3.63, 3.8) is 0 Å². The molecule has 0 spiro atoms. The number of nitrogens with zero attached hydrogens (tertiary/aromatic N) is 1. The fraction of sp³-hybridized carbons (Fsp3) is 0.364. The monoisotopic (exact) mass is 462 g/mol. The summed E-state index contributed by atoms with van der Waals surface area (Å²) in [5, 5.41) is 2.90. The van der Waals surface area contributed by atoms with Crippen LogP contribution in [0.5, 0.6) is 0 Å². The summed E-state index contributed by atoms with van der Waals surface area (Å²) in [5.41, 5.74) is 2.19. The number of thioether (sulfide) groups is 1. The lowest BCUT2D eigenvalue weighted by Gasteiger charge is -2.28. The number of nitrogens with one attached hydrogen (secondary N) is 1. The largest absolute Gasteiger partial charge is 0.354 e. The van der Waals surface area contributed by atoms with Crippen LogP contribution in [0.25, 0.3) is 0 Å². The molecule has 2 aromatic rings. The first kappa shape index (κ1) is 22.5. The van der Waals surface area contributed by atoms with Crippen molar-refractivity contribution in [1.29, 1.82) is 0 Å². The molecule has 0 aliphatic heterocycles. The molecular weight excluding hydrogens is 436 g/mol. The minimum absolute atomic E-state index is 0.0230. The van der Waals surface area contributed by atoms with E-state index in [-0.39, 0.29) is 11.8 Å². The van der Waals surface area contributed by atoms with E-state index >= 15 is 0 Å². The van der Waals surface area contributed by atoms with Gasteiger partial charge in [-0.15, -0.1) is 11.8 Å². The molecule has 0 saturated heterocycles. The topological polar surface area (TPSA) is 49.4 Å². The van der Waals surface area contributed by atoms with Gasteiger partial charge in [-0.3, -0.25) is 9.59 Å². The Balaban J connectivity index is 2.00. The third-order valence-corrected chi connectivity index (χ3v) is 5.84. The van der Waals surface area contributed by atoms with Crippen molar-refractivity contribution in [2.24, 2.45) is 0 Å². The maximum absolute atomic E-state index is 12.9. The van der Waals surface area contributed by atoms with Crippen LogP contribution in [-0.4, -0.2) is 35.1 Å². The Labute approximate surface area is 180 Å². The van der Waals surface area contributed by atoms with Crippen molar-refractivity contribution in [3.8, 4) is 0 Å². The van der Waals surface area contributed by atoms with E-state index in [2.05, 4.69) is 21.2 Å². The highest BCUT2D eigenvalue weighted by molar-refractivity contribution is 9.10. The molecule has 0 aromatic heterocycles. The Morgan fingerprint density at radius 1 is 1.07 bits per heavy atom. The molecule has 6 heteroatoms. The molecule has 0 bridgehead atoms. The zero-order chi connectivity index (χ0) is 20.4. The van der Waals surface area contributed by atoms with Crippen LogP contribution in [0, 0.1) is 0 Å². The average molecular weight is 463 g/mol. The van der Waals surface area contributed by atoms with E-state index in [1.54, 1.807) is 23.6 Å². The number of carbonyl (C=O) groups excluding carboxylic acids is 2. The second kappa shape index (κ2) is 11.9. The van der Waals surface area contributed by atoms with Crippen LogP contribution in [0.1, 0.15) is 31.4 Å². The lowest BCUT2D eigenvalue weighted by Crippen LogP contribution is -2.48. The Morgan fingerprint density at radius 3 is 2.39 bits per heavy atom. The van der Waals surface area contributed by atoms with Gasteiger partial charge >= 0.3 is 0 Å². The molecule has 0 aliphatic rings. The smallest absolute Gasteiger partial charge is 0.242 e. The van der Waals surface area contributed by atoms with Crippen LogP contribution in [0.4, 0.5) is 0 Å². The van der Waals surface area contributed by atoms with Gasteiger partial charge in [0, 0.05) is 23.3 Å². The maximum Gasteiger partial charge on any atom is 0.242 e. The first-order chi connectivity index (χ1) is 13.5. The summed E-state index contributed by atoms with van der Waals surface area (Å²) in [6.45, 7) is 4.86. The summed E-state index contributed by atoms with van der Waals surface area (Å²) in [4.78, 5) is 27.1. The third-order valence-electron chi connectivity index (χ3n) is 4.32. The first-order valence-electron chi connectivity index (χ1n) is 9.44. The van der Waals surface area contributed by atoms with E-state index in [0.717, 1.165) is 22.2 Å². The van der Waals surface area contributed by atoms with Crippen LogP contribution in [0.3, 0.4) is 0 Å². The molecule has 0 fully saturated rings. The summed E-state index contributed by atoms with van der Waals surface area (Å²) in [6.07, 6.45) is 0.869. The van der Waals surface area contributed by atoms with Gasteiger partial charge in [-0.2, -0.15) is 0 Å². The van der Waals surface area contributed by atoms with Crippen molar-refractivity contribution >= 4 is 39.5 Å². The van der Waals surface area contributed by atoms with E-state index < -0.39 is 6.04 Å². The highest BCUT2D eigenvalue weighted by Crippen LogP contribution is 2.18. The molecule has 0 saturated carbocycles. The molecule has 1 N–H and O–H groups in total. The van der Waals surface area contributed by atoms with Crippen LogP contribution in [0.2, 0.25) is 0 Å². The number of hydrogen-bond acceptors (Lipinski definition) is 3. The Morgan fingerprint density at radius 2 is 1.75 bits per heavy atom. The van der Waals surface area contributed by atoms with Gasteiger partial charge in [0.2, 0.25) is 11.8 Å². The Kier molecular flexibility index (Phi) is 9.58. The minimum Gasteiger partial charge on any atom is -0.354 e. The number of hydrogen-bond donors (Lipinski definition) is 1. The second-order valence-corrected chi connectivity index (χ2v) is 8.49. The predicted molar refractivity (Wildman–Crippen MR) is 120 cm³/mol. The van der Waals surface area contributed by atoms with Crippen molar-refractivity contribution in [2.75, 3.05) is 12.3 Å². The number of rotatable bonds is 10. The van der Waals surface area contributed by atoms with Crippen LogP contribution in [0.15, 0.2) is 59.1 Å². The zero-order valence-corrected chi connectivity index (χ0v) is 18.8. The summed E-state index contributed by atoms with van der Waals surface area (Å²) in [6, 6.07) is 17.4. The van der Waals surface area contributed by atoms with E-state index in [4.69, 9.17) is 0 Å². The van der Waals surface area contributed by atoms with Gasteiger partial charge in [0.05, 0.1) is 5.75 Å². The van der Waals surface area contributed by atoms with Gasteiger partial charge in [-0.05, 0) is 36.6 Å². The van der Waals surface area contributed by atoms with Crippen LogP contribution in [-0.2, 0) is 21.9 Å². The highest BCUT2D eigenvalue weighted by atomic mass is 79.9. The molecular formula is C22H27BrN2O2S. The normalized spacial score (nSPS) is 11.7. The van der Waals surface area contributed by atoms with Crippen LogP contribution >= 0.6 is 27.7 Å². The van der Waals surface area contributed by atoms with Gasteiger partial charge in [-0.25, -0.2) is 0 Å². The average Bonchev–Trinajstić information content (AvgIpc) is 2.71. The molecule has 1 atom stereocenters. The van der Waals surface area contributed by atoms with E-state index in [1.807, 2.05) is 61.5 Å². The minimum atomic E-state index is -0.507. The molecule has 0 radical (unpaired) electrons. The molecule has 4 nitrogen and oxygen atoms in total. The van der Waals surface area contributed by atoms with Gasteiger partial charge in [0.1, 0.15) is 6.04 Å². The predicted octanol–water partition coefficient (Wildman–Crippen LogP) is 4.63. The number of carbonyl (C=O) groups is 2. The summed E-state index contributed by atoms with van der Waals surface area (Å²) >= 11 is 5.00. The van der Waals surface area contributed by atoms with Crippen molar-refractivity contribution in [2.45, 2.75) is 38.6 Å². The Hall–Kier alpha value is -1.79. The lowest BCUT2D eigenvalue weighted by molar-refractivity contribution is -0.138.